The summed E-state index contributed by atoms with van der Waals surface area (Å²) in [6.07, 6.45) is 3.64. The molecule has 3 aromatic rings. The molecule has 2 atom stereocenters. The lowest BCUT2D eigenvalue weighted by Crippen LogP contribution is -2.34. The number of rotatable bonds is 4. The van der Waals surface area contributed by atoms with Crippen LogP contribution in [-0.4, -0.2) is 45.6 Å². The zero-order valence-corrected chi connectivity index (χ0v) is 22.8. The summed E-state index contributed by atoms with van der Waals surface area (Å²) in [4.78, 5) is 20.7. The van der Waals surface area contributed by atoms with Crippen LogP contribution in [0.3, 0.4) is 0 Å². The number of anilines is 2. The molecule has 1 unspecified atom stereocenters. The predicted molar refractivity (Wildman–Crippen MR) is 145 cm³/mol. The van der Waals surface area contributed by atoms with Crippen molar-refractivity contribution in [3.63, 3.8) is 0 Å². The summed E-state index contributed by atoms with van der Waals surface area (Å²) >= 11 is 0. The van der Waals surface area contributed by atoms with Gasteiger partial charge in [0.2, 0.25) is 5.95 Å². The smallest absolute Gasteiger partial charge is 0.270 e. The van der Waals surface area contributed by atoms with Gasteiger partial charge in [-0.3, -0.25) is 4.79 Å². The number of carbonyl (C=O) groups excluding carboxylic acids is 1. The van der Waals surface area contributed by atoms with Gasteiger partial charge in [-0.05, 0) is 48.6 Å². The molecule has 12 heteroatoms. The Kier molecular flexibility index (Phi) is 8.76. The fourth-order valence-electron chi connectivity index (χ4n) is 3.91. The molecule has 4 bridgehead atoms. The minimum atomic E-state index is -2.96. The summed E-state index contributed by atoms with van der Waals surface area (Å²) in [5, 5.41) is 3.03. The second-order valence-electron chi connectivity index (χ2n) is 9.73. The molecule has 2 heterocycles. The van der Waals surface area contributed by atoms with Crippen molar-refractivity contribution in [3.05, 3.63) is 59.8 Å². The number of nitrogens with two attached hydrogens (primary N) is 1. The summed E-state index contributed by atoms with van der Waals surface area (Å²) in [6, 6.07) is 8.12. The number of benzene rings is 2. The molecule has 0 saturated heterocycles. The van der Waals surface area contributed by atoms with E-state index in [1.165, 1.54) is 24.5 Å². The van der Waals surface area contributed by atoms with Crippen molar-refractivity contribution in [3.8, 4) is 22.8 Å². The zero-order chi connectivity index (χ0) is 28.2. The topological polar surface area (TPSA) is 129 Å². The Bertz CT molecular complexity index is 1490. The van der Waals surface area contributed by atoms with Crippen LogP contribution in [-0.2, 0) is 20.3 Å². The number of nitrogens with one attached hydrogen (secondary N) is 1. The van der Waals surface area contributed by atoms with Crippen LogP contribution in [0, 0.1) is 17.6 Å². The molecule has 4 rings (SSSR count). The SMILES string of the molecule is CC(C)[C@H](N)C(=O)N=S(C)(=O)Cc1cc2cc(c1)OCCCCOc1cc(F)ccc1-c1nc(ncc1F)N2. The van der Waals surface area contributed by atoms with Crippen LogP contribution in [0.5, 0.6) is 11.5 Å². The molecule has 208 valence electrons. The van der Waals surface area contributed by atoms with Gasteiger partial charge in [0.05, 0.1) is 40.9 Å². The van der Waals surface area contributed by atoms with E-state index in [-0.39, 0.29) is 41.2 Å². The minimum Gasteiger partial charge on any atom is -0.494 e. The van der Waals surface area contributed by atoms with E-state index < -0.39 is 33.3 Å². The lowest BCUT2D eigenvalue weighted by atomic mass is 10.1. The maximum absolute atomic E-state index is 14.8. The van der Waals surface area contributed by atoms with E-state index in [1.54, 1.807) is 32.0 Å². The Balaban J connectivity index is 1.71. The van der Waals surface area contributed by atoms with Gasteiger partial charge < -0.3 is 20.5 Å². The van der Waals surface area contributed by atoms with Gasteiger partial charge in [-0.15, -0.1) is 0 Å². The number of amides is 1. The fourth-order valence-corrected chi connectivity index (χ4v) is 5.26. The standard InChI is InChI=1S/C27H31F2N5O4S/c1-16(2)24(30)26(35)34-39(3,36)15-17-10-19-13-20(11-17)37-8-4-5-9-38-23-12-18(28)6-7-21(23)25-22(29)14-31-27(32-19)33-25/h6-7,10-14,16,24H,4-5,8-9,15,30H2,1-3H3,(H,31,32,33)/t24-,39?/m0/s1. The second-order valence-corrected chi connectivity index (χ2v) is 12.1. The first-order chi connectivity index (χ1) is 18.5. The van der Waals surface area contributed by atoms with Crippen molar-refractivity contribution in [2.45, 2.75) is 38.5 Å². The molecule has 0 fully saturated rings. The number of nitrogens with zero attached hydrogens (tertiary/aromatic N) is 3. The first kappa shape index (κ1) is 28.4. The van der Waals surface area contributed by atoms with E-state index in [0.717, 1.165) is 6.20 Å². The average Bonchev–Trinajstić information content (AvgIpc) is 2.86. The van der Waals surface area contributed by atoms with Gasteiger partial charge in [-0.1, -0.05) is 13.8 Å². The maximum atomic E-state index is 14.8. The molecule has 0 spiro atoms. The van der Waals surface area contributed by atoms with Crippen LogP contribution in [0.15, 0.2) is 47.0 Å². The third-order valence-corrected chi connectivity index (χ3v) is 7.39. The molecule has 9 nitrogen and oxygen atoms in total. The van der Waals surface area contributed by atoms with Crippen LogP contribution in [0.25, 0.3) is 11.3 Å². The Morgan fingerprint density at radius 2 is 1.90 bits per heavy atom. The number of ether oxygens (including phenoxy) is 2. The van der Waals surface area contributed by atoms with E-state index in [0.29, 0.717) is 36.4 Å². The molecule has 1 aliphatic rings. The number of halogens is 2. The molecule has 2 aromatic carbocycles. The van der Waals surface area contributed by atoms with Gasteiger partial charge in [0.15, 0.2) is 5.82 Å². The number of aromatic nitrogens is 2. The van der Waals surface area contributed by atoms with E-state index in [4.69, 9.17) is 15.2 Å². The van der Waals surface area contributed by atoms with Gasteiger partial charge in [-0.2, -0.15) is 4.36 Å². The second kappa shape index (κ2) is 12.0. The number of hydrogen-bond donors (Lipinski definition) is 2. The van der Waals surface area contributed by atoms with Gasteiger partial charge in [0.25, 0.3) is 5.91 Å². The maximum Gasteiger partial charge on any atom is 0.270 e. The Hall–Kier alpha value is -3.64. The van der Waals surface area contributed by atoms with Crippen LogP contribution in [0.2, 0.25) is 0 Å². The summed E-state index contributed by atoms with van der Waals surface area (Å²) in [5.74, 6) is -1.27. The Morgan fingerprint density at radius 3 is 2.64 bits per heavy atom. The third-order valence-electron chi connectivity index (χ3n) is 5.95. The monoisotopic (exact) mass is 559 g/mol. The van der Waals surface area contributed by atoms with E-state index in [9.17, 15) is 17.8 Å². The molecule has 1 aromatic heterocycles. The van der Waals surface area contributed by atoms with Crippen molar-refractivity contribution >= 4 is 27.3 Å². The van der Waals surface area contributed by atoms with Crippen LogP contribution >= 0.6 is 0 Å². The van der Waals surface area contributed by atoms with E-state index in [2.05, 4.69) is 19.6 Å². The van der Waals surface area contributed by atoms with Crippen LogP contribution in [0.4, 0.5) is 20.4 Å². The first-order valence-electron chi connectivity index (χ1n) is 12.5. The van der Waals surface area contributed by atoms with Crippen molar-refractivity contribution in [2.75, 3.05) is 24.8 Å². The van der Waals surface area contributed by atoms with Gasteiger partial charge in [0, 0.05) is 29.6 Å². The third kappa shape index (κ3) is 7.48. The quantitative estimate of drug-likeness (QED) is 0.465. The Labute approximate surface area is 226 Å². The lowest BCUT2D eigenvalue weighted by molar-refractivity contribution is -0.119. The summed E-state index contributed by atoms with van der Waals surface area (Å²) in [5.41, 5.74) is 7.20. The first-order valence-corrected chi connectivity index (χ1v) is 14.6. The molecule has 39 heavy (non-hydrogen) atoms. The van der Waals surface area contributed by atoms with Crippen molar-refractivity contribution < 1.29 is 27.3 Å². The summed E-state index contributed by atoms with van der Waals surface area (Å²) in [7, 11) is -2.96. The van der Waals surface area contributed by atoms with Crippen LogP contribution in [0.1, 0.15) is 32.3 Å². The highest BCUT2D eigenvalue weighted by molar-refractivity contribution is 7.92. The molecular weight excluding hydrogens is 528 g/mol. The largest absolute Gasteiger partial charge is 0.494 e. The van der Waals surface area contributed by atoms with Crippen molar-refractivity contribution in [1.29, 1.82) is 0 Å². The number of fused-ring (bicyclic) bond motifs is 6. The average molecular weight is 560 g/mol. The minimum absolute atomic E-state index is 0.0300. The van der Waals surface area contributed by atoms with Crippen molar-refractivity contribution in [2.24, 2.45) is 16.0 Å². The highest BCUT2D eigenvalue weighted by Crippen LogP contribution is 2.33. The number of carbonyl (C=O) groups is 1. The number of hydrogen-bond acceptors (Lipinski definition) is 8. The predicted octanol–water partition coefficient (Wildman–Crippen LogP) is 4.82. The summed E-state index contributed by atoms with van der Waals surface area (Å²) < 4.78 is 57.6. The van der Waals surface area contributed by atoms with E-state index in [1.807, 2.05) is 0 Å². The molecule has 0 aliphatic carbocycles. The van der Waals surface area contributed by atoms with Crippen molar-refractivity contribution in [1.82, 2.24) is 9.97 Å². The highest BCUT2D eigenvalue weighted by Gasteiger charge is 2.20. The van der Waals surface area contributed by atoms with Crippen LogP contribution < -0.4 is 20.5 Å². The van der Waals surface area contributed by atoms with Gasteiger partial charge in [0.1, 0.15) is 23.0 Å². The fraction of sp³-hybridized carbons (Fsp3) is 0.370. The summed E-state index contributed by atoms with van der Waals surface area (Å²) in [6.45, 7) is 4.20. The molecular formula is C27H31F2N5O4S. The van der Waals surface area contributed by atoms with Gasteiger partial charge >= 0.3 is 0 Å². The zero-order valence-electron chi connectivity index (χ0n) is 21.9. The van der Waals surface area contributed by atoms with Gasteiger partial charge in [-0.25, -0.2) is 23.0 Å². The van der Waals surface area contributed by atoms with E-state index >= 15 is 0 Å². The normalized spacial score (nSPS) is 15.8. The molecule has 1 amide bonds. The Morgan fingerprint density at radius 1 is 1.15 bits per heavy atom. The lowest BCUT2D eigenvalue weighted by Gasteiger charge is -2.14. The molecule has 3 N–H and O–H groups in total. The highest BCUT2D eigenvalue weighted by atomic mass is 32.2. The molecule has 0 saturated carbocycles. The molecule has 0 radical (unpaired) electrons. The molecule has 1 aliphatic heterocycles.